The normalized spacial score (nSPS) is 30.6. The molecule has 0 aromatic carbocycles. The molecule has 0 spiro atoms. The first-order chi connectivity index (χ1) is 7.40. The van der Waals surface area contributed by atoms with Crippen LogP contribution in [0.1, 0.15) is 6.42 Å². The van der Waals surface area contributed by atoms with Gasteiger partial charge < -0.3 is 15.8 Å². The molecule has 15 heavy (non-hydrogen) atoms. The van der Waals surface area contributed by atoms with Crippen molar-refractivity contribution in [1.29, 1.82) is 0 Å². The van der Waals surface area contributed by atoms with Gasteiger partial charge in [0.05, 0.1) is 13.2 Å². The van der Waals surface area contributed by atoms with Crippen LogP contribution in [-0.4, -0.2) is 57.4 Å². The summed E-state index contributed by atoms with van der Waals surface area (Å²) in [6.07, 6.45) is 1.30. The first-order valence-electron chi connectivity index (χ1n) is 6.11. The van der Waals surface area contributed by atoms with E-state index in [0.29, 0.717) is 5.92 Å². The highest BCUT2D eigenvalue weighted by Crippen LogP contribution is 2.19. The van der Waals surface area contributed by atoms with Crippen LogP contribution in [0.25, 0.3) is 0 Å². The molecule has 88 valence electrons. The minimum Gasteiger partial charge on any atom is -0.379 e. The fraction of sp³-hybridized carbons (Fsp3) is 1.00. The van der Waals surface area contributed by atoms with Gasteiger partial charge in [0.2, 0.25) is 0 Å². The molecule has 0 aromatic rings. The number of rotatable bonds is 4. The second-order valence-corrected chi connectivity index (χ2v) is 4.66. The van der Waals surface area contributed by atoms with Crippen molar-refractivity contribution < 1.29 is 4.74 Å². The fourth-order valence-electron chi connectivity index (χ4n) is 2.61. The first-order valence-corrected chi connectivity index (χ1v) is 6.11. The van der Waals surface area contributed by atoms with Crippen LogP contribution in [0.3, 0.4) is 0 Å². The van der Waals surface area contributed by atoms with Crippen LogP contribution in [0.5, 0.6) is 0 Å². The molecule has 0 bridgehead atoms. The van der Waals surface area contributed by atoms with E-state index in [2.05, 4.69) is 10.2 Å². The highest BCUT2D eigenvalue weighted by molar-refractivity contribution is 4.81. The summed E-state index contributed by atoms with van der Waals surface area (Å²) in [6.45, 7) is 8.25. The van der Waals surface area contributed by atoms with Gasteiger partial charge in [-0.1, -0.05) is 0 Å². The minimum absolute atomic E-state index is 0.665. The second-order valence-electron chi connectivity index (χ2n) is 4.66. The van der Waals surface area contributed by atoms with Crippen molar-refractivity contribution in [2.45, 2.75) is 6.42 Å². The van der Waals surface area contributed by atoms with Crippen LogP contribution >= 0.6 is 0 Å². The average Bonchev–Trinajstić information content (AvgIpc) is 2.81. The first kappa shape index (κ1) is 11.3. The van der Waals surface area contributed by atoms with Crippen LogP contribution < -0.4 is 11.1 Å². The largest absolute Gasteiger partial charge is 0.379 e. The van der Waals surface area contributed by atoms with E-state index in [9.17, 15) is 0 Å². The van der Waals surface area contributed by atoms with Crippen molar-refractivity contribution >= 4 is 0 Å². The summed E-state index contributed by atoms with van der Waals surface area (Å²) in [6, 6.07) is 0. The van der Waals surface area contributed by atoms with Gasteiger partial charge in [-0.25, -0.2) is 0 Å². The predicted molar refractivity (Wildman–Crippen MR) is 60.8 cm³/mol. The summed E-state index contributed by atoms with van der Waals surface area (Å²) in [7, 11) is 0. The van der Waals surface area contributed by atoms with Gasteiger partial charge in [-0.05, 0) is 37.9 Å². The van der Waals surface area contributed by atoms with E-state index in [-0.39, 0.29) is 0 Å². The van der Waals surface area contributed by atoms with Gasteiger partial charge in [-0.15, -0.1) is 0 Å². The Balaban J connectivity index is 1.78. The Bertz CT molecular complexity index is 177. The van der Waals surface area contributed by atoms with Gasteiger partial charge in [0.1, 0.15) is 0 Å². The molecule has 2 aliphatic heterocycles. The number of nitrogens with two attached hydrogens (primary N) is 1. The SMILES string of the molecule is NCC(CN1CCOCC1)C1CCNC1. The summed E-state index contributed by atoms with van der Waals surface area (Å²) in [5.41, 5.74) is 5.88. The molecule has 2 saturated heterocycles. The quantitative estimate of drug-likeness (QED) is 0.661. The van der Waals surface area contributed by atoms with E-state index >= 15 is 0 Å². The van der Waals surface area contributed by atoms with Gasteiger partial charge >= 0.3 is 0 Å². The monoisotopic (exact) mass is 213 g/mol. The lowest BCUT2D eigenvalue weighted by Gasteiger charge is -2.32. The Kier molecular flexibility index (Phi) is 4.38. The third-order valence-corrected chi connectivity index (χ3v) is 3.66. The van der Waals surface area contributed by atoms with Crippen LogP contribution in [-0.2, 0) is 4.74 Å². The summed E-state index contributed by atoms with van der Waals surface area (Å²) in [4.78, 5) is 2.50. The maximum atomic E-state index is 5.88. The van der Waals surface area contributed by atoms with Gasteiger partial charge in [0.25, 0.3) is 0 Å². The van der Waals surface area contributed by atoms with Gasteiger partial charge in [0.15, 0.2) is 0 Å². The Hall–Kier alpha value is -0.160. The third-order valence-electron chi connectivity index (χ3n) is 3.66. The molecule has 2 unspecified atom stereocenters. The third kappa shape index (κ3) is 3.14. The molecule has 0 radical (unpaired) electrons. The number of hydrogen-bond donors (Lipinski definition) is 2. The van der Waals surface area contributed by atoms with Crippen molar-refractivity contribution in [3.05, 3.63) is 0 Å². The second kappa shape index (κ2) is 5.80. The average molecular weight is 213 g/mol. The molecular formula is C11H23N3O. The standard InChI is InChI=1S/C11H23N3O/c12-7-11(10-1-2-13-8-10)9-14-3-5-15-6-4-14/h10-11,13H,1-9,12H2. The van der Waals surface area contributed by atoms with Crippen molar-refractivity contribution in [3.8, 4) is 0 Å². The topological polar surface area (TPSA) is 50.5 Å². The van der Waals surface area contributed by atoms with Crippen LogP contribution in [0.4, 0.5) is 0 Å². The smallest absolute Gasteiger partial charge is 0.0594 e. The maximum absolute atomic E-state index is 5.88. The lowest BCUT2D eigenvalue weighted by molar-refractivity contribution is 0.0272. The van der Waals surface area contributed by atoms with E-state index < -0.39 is 0 Å². The van der Waals surface area contributed by atoms with Crippen LogP contribution in [0.15, 0.2) is 0 Å². The van der Waals surface area contributed by atoms with Crippen molar-refractivity contribution in [2.75, 3.05) is 52.5 Å². The lowest BCUT2D eigenvalue weighted by Crippen LogP contribution is -2.43. The number of nitrogens with zero attached hydrogens (tertiary/aromatic N) is 1. The summed E-state index contributed by atoms with van der Waals surface area (Å²) < 4.78 is 5.36. The highest BCUT2D eigenvalue weighted by atomic mass is 16.5. The van der Waals surface area contributed by atoms with Crippen molar-refractivity contribution in [2.24, 2.45) is 17.6 Å². The Morgan fingerprint density at radius 1 is 1.40 bits per heavy atom. The zero-order valence-corrected chi connectivity index (χ0v) is 9.45. The van der Waals surface area contributed by atoms with E-state index in [1.54, 1.807) is 0 Å². The lowest BCUT2D eigenvalue weighted by atomic mass is 9.91. The Morgan fingerprint density at radius 3 is 2.80 bits per heavy atom. The number of hydrogen-bond acceptors (Lipinski definition) is 4. The molecule has 2 aliphatic rings. The molecule has 4 nitrogen and oxygen atoms in total. The fourth-order valence-corrected chi connectivity index (χ4v) is 2.61. The molecule has 0 amide bonds. The number of ether oxygens (including phenoxy) is 1. The zero-order chi connectivity index (χ0) is 10.5. The molecule has 2 fully saturated rings. The molecular weight excluding hydrogens is 190 g/mol. The van der Waals surface area contributed by atoms with Crippen LogP contribution in [0.2, 0.25) is 0 Å². The summed E-state index contributed by atoms with van der Waals surface area (Å²) >= 11 is 0. The zero-order valence-electron chi connectivity index (χ0n) is 9.45. The number of nitrogens with one attached hydrogen (secondary N) is 1. The van der Waals surface area contributed by atoms with E-state index in [1.807, 2.05) is 0 Å². The van der Waals surface area contributed by atoms with Crippen molar-refractivity contribution in [3.63, 3.8) is 0 Å². The van der Waals surface area contributed by atoms with Gasteiger partial charge in [-0.2, -0.15) is 0 Å². The molecule has 0 saturated carbocycles. The molecule has 0 aliphatic carbocycles. The molecule has 2 atom stereocenters. The molecule has 3 N–H and O–H groups in total. The maximum Gasteiger partial charge on any atom is 0.0594 e. The van der Waals surface area contributed by atoms with E-state index in [0.717, 1.165) is 51.9 Å². The molecule has 4 heteroatoms. The molecule has 0 aromatic heterocycles. The summed E-state index contributed by atoms with van der Waals surface area (Å²) in [5, 5.41) is 3.43. The number of morpholine rings is 1. The Labute approximate surface area is 92.1 Å². The highest BCUT2D eigenvalue weighted by Gasteiger charge is 2.25. The van der Waals surface area contributed by atoms with Gasteiger partial charge in [0, 0.05) is 19.6 Å². The van der Waals surface area contributed by atoms with Crippen molar-refractivity contribution in [1.82, 2.24) is 10.2 Å². The summed E-state index contributed by atoms with van der Waals surface area (Å²) in [5.74, 6) is 1.45. The van der Waals surface area contributed by atoms with E-state index in [4.69, 9.17) is 10.5 Å². The minimum atomic E-state index is 0.665. The Morgan fingerprint density at radius 2 is 2.20 bits per heavy atom. The predicted octanol–water partition coefficient (Wildman–Crippen LogP) is -0.497. The molecule has 2 rings (SSSR count). The van der Waals surface area contributed by atoms with E-state index in [1.165, 1.54) is 13.0 Å². The van der Waals surface area contributed by atoms with Crippen LogP contribution in [0, 0.1) is 11.8 Å². The van der Waals surface area contributed by atoms with Gasteiger partial charge in [-0.3, -0.25) is 4.90 Å². The molecule has 2 heterocycles.